The average molecular weight is 343 g/mol. The molecule has 0 aromatic carbocycles. The Labute approximate surface area is 143 Å². The van der Waals surface area contributed by atoms with Crippen molar-refractivity contribution in [2.75, 3.05) is 13.2 Å². The van der Waals surface area contributed by atoms with Crippen molar-refractivity contribution in [3.63, 3.8) is 0 Å². The molecule has 1 amide bonds. The van der Waals surface area contributed by atoms with Gasteiger partial charge in [-0.3, -0.25) is 4.90 Å². The second kappa shape index (κ2) is 7.27. The lowest BCUT2D eigenvalue weighted by Gasteiger charge is -2.45. The summed E-state index contributed by atoms with van der Waals surface area (Å²) in [6, 6.07) is 0. The van der Waals surface area contributed by atoms with Crippen molar-refractivity contribution in [1.29, 1.82) is 0 Å². The minimum absolute atomic E-state index is 0.224. The topological polar surface area (TPSA) is 85.3 Å². The molecule has 7 heteroatoms. The van der Waals surface area contributed by atoms with Crippen LogP contribution in [0.2, 0.25) is 0 Å². The van der Waals surface area contributed by atoms with Crippen LogP contribution in [0.3, 0.4) is 0 Å². The Balaban J connectivity index is 2.05. The molecule has 0 bridgehead atoms. The highest BCUT2D eigenvalue weighted by Gasteiger charge is 2.49. The quantitative estimate of drug-likeness (QED) is 0.848. The van der Waals surface area contributed by atoms with Gasteiger partial charge in [0.05, 0.1) is 6.10 Å². The van der Waals surface area contributed by atoms with Gasteiger partial charge in [0.1, 0.15) is 11.1 Å². The fourth-order valence-corrected chi connectivity index (χ4v) is 3.14. The van der Waals surface area contributed by atoms with E-state index in [-0.39, 0.29) is 25.4 Å². The zero-order valence-corrected chi connectivity index (χ0v) is 15.0. The van der Waals surface area contributed by atoms with Crippen LogP contribution in [0.4, 0.5) is 4.79 Å². The molecule has 2 heterocycles. The fraction of sp³-hybridized carbons (Fsp3) is 0.882. The van der Waals surface area contributed by atoms with Crippen LogP contribution < -0.4 is 0 Å². The maximum absolute atomic E-state index is 12.4. The van der Waals surface area contributed by atoms with Gasteiger partial charge in [0, 0.05) is 19.6 Å². The zero-order chi connectivity index (χ0) is 18.0. The highest BCUT2D eigenvalue weighted by molar-refractivity contribution is 5.84. The summed E-state index contributed by atoms with van der Waals surface area (Å²) >= 11 is 0. The molecule has 1 N–H and O–H groups in total. The zero-order valence-electron chi connectivity index (χ0n) is 15.0. The molecule has 0 radical (unpaired) electrons. The Kier molecular flexibility index (Phi) is 5.75. The molecule has 0 spiro atoms. The van der Waals surface area contributed by atoms with Gasteiger partial charge >= 0.3 is 12.1 Å². The van der Waals surface area contributed by atoms with Crippen molar-refractivity contribution < 1.29 is 28.9 Å². The van der Waals surface area contributed by atoms with Crippen LogP contribution in [-0.4, -0.2) is 58.8 Å². The number of nitrogens with zero attached hydrogens (tertiary/aromatic N) is 1. The van der Waals surface area contributed by atoms with E-state index in [2.05, 4.69) is 0 Å². The van der Waals surface area contributed by atoms with Crippen LogP contribution in [0.1, 0.15) is 59.8 Å². The van der Waals surface area contributed by atoms with Gasteiger partial charge in [0.2, 0.25) is 0 Å². The second-order valence-electron chi connectivity index (χ2n) is 7.76. The molecule has 0 saturated carbocycles. The minimum atomic E-state index is -1.35. The number of carboxylic acid groups (broad SMARTS) is 1. The molecule has 2 aliphatic rings. The molecule has 138 valence electrons. The van der Waals surface area contributed by atoms with Crippen molar-refractivity contribution in [2.45, 2.75) is 83.3 Å². The largest absolute Gasteiger partial charge is 0.480 e. The van der Waals surface area contributed by atoms with Gasteiger partial charge in [-0.15, -0.1) is 0 Å². The van der Waals surface area contributed by atoms with Gasteiger partial charge in [-0.05, 0) is 53.4 Å². The summed E-state index contributed by atoms with van der Waals surface area (Å²) in [6.07, 6.45) is 2.60. The molecule has 2 fully saturated rings. The van der Waals surface area contributed by atoms with E-state index >= 15 is 0 Å². The molecule has 0 aliphatic carbocycles. The lowest BCUT2D eigenvalue weighted by molar-refractivity contribution is -0.205. The maximum Gasteiger partial charge on any atom is 0.411 e. The average Bonchev–Trinajstić information content (AvgIpc) is 2.46. The molecular weight excluding hydrogens is 314 g/mol. The Morgan fingerprint density at radius 1 is 1.25 bits per heavy atom. The molecule has 3 unspecified atom stereocenters. The normalized spacial score (nSPS) is 31.6. The molecule has 0 aromatic rings. The van der Waals surface area contributed by atoms with Crippen molar-refractivity contribution >= 4 is 12.1 Å². The molecular formula is C17H29NO6. The van der Waals surface area contributed by atoms with Gasteiger partial charge in [-0.2, -0.15) is 0 Å². The van der Waals surface area contributed by atoms with E-state index in [1.54, 1.807) is 27.7 Å². The number of piperidine rings is 1. The SMILES string of the molecule is CC(C)(C)OC(=O)N1CCC(OC2CCCCO2)CC1(C)C(=O)O. The van der Waals surface area contributed by atoms with Crippen LogP contribution in [-0.2, 0) is 19.0 Å². The summed E-state index contributed by atoms with van der Waals surface area (Å²) in [5, 5.41) is 9.70. The highest BCUT2D eigenvalue weighted by atomic mass is 16.7. The van der Waals surface area contributed by atoms with Crippen molar-refractivity contribution in [3.8, 4) is 0 Å². The summed E-state index contributed by atoms with van der Waals surface area (Å²) in [4.78, 5) is 25.6. The number of rotatable bonds is 3. The first kappa shape index (κ1) is 19.0. The second-order valence-corrected chi connectivity index (χ2v) is 7.76. The predicted octanol–water partition coefficient (Wildman–Crippen LogP) is 2.77. The van der Waals surface area contributed by atoms with E-state index in [0.29, 0.717) is 13.0 Å². The Bertz CT molecular complexity index is 468. The van der Waals surface area contributed by atoms with Crippen LogP contribution in [0, 0.1) is 0 Å². The van der Waals surface area contributed by atoms with Crippen molar-refractivity contribution in [1.82, 2.24) is 4.90 Å². The van der Waals surface area contributed by atoms with Crippen LogP contribution >= 0.6 is 0 Å². The van der Waals surface area contributed by atoms with E-state index in [9.17, 15) is 14.7 Å². The van der Waals surface area contributed by atoms with Gasteiger partial charge in [-0.1, -0.05) is 0 Å². The summed E-state index contributed by atoms with van der Waals surface area (Å²) < 4.78 is 16.9. The molecule has 0 aromatic heterocycles. The number of amides is 1. The lowest BCUT2D eigenvalue weighted by Crippen LogP contribution is -2.61. The van der Waals surface area contributed by atoms with Crippen molar-refractivity contribution in [2.24, 2.45) is 0 Å². The Hall–Kier alpha value is -1.34. The van der Waals surface area contributed by atoms with E-state index in [1.807, 2.05) is 0 Å². The first-order valence-electron chi connectivity index (χ1n) is 8.63. The molecule has 24 heavy (non-hydrogen) atoms. The number of carboxylic acids is 1. The standard InChI is InChI=1S/C17H29NO6/c1-16(2,3)24-15(21)18-9-8-12(11-17(18,4)14(19)20)23-13-7-5-6-10-22-13/h12-13H,5-11H2,1-4H3,(H,19,20). The monoisotopic (exact) mass is 343 g/mol. The summed E-state index contributed by atoms with van der Waals surface area (Å²) in [5.41, 5.74) is -2.01. The van der Waals surface area contributed by atoms with E-state index < -0.39 is 23.2 Å². The number of carbonyl (C=O) groups is 2. The number of aliphatic carboxylic acids is 1. The lowest BCUT2D eigenvalue weighted by atomic mass is 9.87. The van der Waals surface area contributed by atoms with Crippen LogP contribution in [0.15, 0.2) is 0 Å². The van der Waals surface area contributed by atoms with Crippen LogP contribution in [0.5, 0.6) is 0 Å². The smallest absolute Gasteiger partial charge is 0.411 e. The third-order valence-corrected chi connectivity index (χ3v) is 4.45. The number of ether oxygens (including phenoxy) is 3. The van der Waals surface area contributed by atoms with E-state index in [1.165, 1.54) is 4.90 Å². The van der Waals surface area contributed by atoms with Gasteiger partial charge in [0.15, 0.2) is 6.29 Å². The summed E-state index contributed by atoms with van der Waals surface area (Å²) in [6.45, 7) is 7.81. The predicted molar refractivity (Wildman–Crippen MR) is 86.7 cm³/mol. The molecule has 7 nitrogen and oxygen atoms in total. The molecule has 3 atom stereocenters. The van der Waals surface area contributed by atoms with E-state index in [0.717, 1.165) is 19.3 Å². The third kappa shape index (κ3) is 4.60. The Morgan fingerprint density at radius 3 is 2.50 bits per heavy atom. The number of hydrogen-bond donors (Lipinski definition) is 1. The number of hydrogen-bond acceptors (Lipinski definition) is 5. The number of likely N-dealkylation sites (tertiary alicyclic amines) is 1. The molecule has 2 rings (SSSR count). The first-order chi connectivity index (χ1) is 11.1. The first-order valence-corrected chi connectivity index (χ1v) is 8.63. The van der Waals surface area contributed by atoms with Gasteiger partial charge in [-0.25, -0.2) is 9.59 Å². The maximum atomic E-state index is 12.4. The highest BCUT2D eigenvalue weighted by Crippen LogP contribution is 2.33. The van der Waals surface area contributed by atoms with Crippen molar-refractivity contribution in [3.05, 3.63) is 0 Å². The number of carbonyl (C=O) groups excluding carboxylic acids is 1. The molecule has 2 aliphatic heterocycles. The summed E-state index contributed by atoms with van der Waals surface area (Å²) in [7, 11) is 0. The van der Waals surface area contributed by atoms with Gasteiger partial charge < -0.3 is 19.3 Å². The van der Waals surface area contributed by atoms with E-state index in [4.69, 9.17) is 14.2 Å². The minimum Gasteiger partial charge on any atom is -0.480 e. The summed E-state index contributed by atoms with van der Waals surface area (Å²) in [5.74, 6) is -1.05. The van der Waals surface area contributed by atoms with Crippen LogP contribution in [0.25, 0.3) is 0 Å². The molecule has 2 saturated heterocycles. The Morgan fingerprint density at radius 2 is 1.96 bits per heavy atom. The van der Waals surface area contributed by atoms with Gasteiger partial charge in [0.25, 0.3) is 0 Å². The fourth-order valence-electron chi connectivity index (χ4n) is 3.14. The third-order valence-electron chi connectivity index (χ3n) is 4.45.